The molecule has 1 saturated heterocycles. The molecule has 0 aliphatic carbocycles. The molecule has 2 atom stereocenters. The number of hydrogen-bond acceptors (Lipinski definition) is 5. The van der Waals surface area contributed by atoms with Gasteiger partial charge < -0.3 is 24.2 Å². The highest BCUT2D eigenvalue weighted by Gasteiger charge is 2.23. The van der Waals surface area contributed by atoms with Crippen molar-refractivity contribution in [2.24, 2.45) is 5.92 Å². The van der Waals surface area contributed by atoms with E-state index >= 15 is 0 Å². The van der Waals surface area contributed by atoms with E-state index in [1.165, 1.54) is 18.4 Å². The SMILES string of the molecule is Cl.OC(COCC1COc2ccccc2O1)CN1CCC(Cc2ccccc2)CC1. The van der Waals surface area contributed by atoms with Crippen molar-refractivity contribution in [3.8, 4) is 11.5 Å². The largest absolute Gasteiger partial charge is 0.486 e. The highest BCUT2D eigenvalue weighted by atomic mass is 35.5. The predicted molar refractivity (Wildman–Crippen MR) is 120 cm³/mol. The number of piperidine rings is 1. The van der Waals surface area contributed by atoms with E-state index < -0.39 is 6.10 Å². The molecule has 2 aromatic carbocycles. The van der Waals surface area contributed by atoms with Crippen molar-refractivity contribution in [2.45, 2.75) is 31.5 Å². The van der Waals surface area contributed by atoms with Crippen molar-refractivity contribution in [1.82, 2.24) is 4.90 Å². The van der Waals surface area contributed by atoms with E-state index in [1.54, 1.807) is 0 Å². The molecule has 1 N–H and O–H groups in total. The summed E-state index contributed by atoms with van der Waals surface area (Å²) in [5, 5.41) is 10.4. The van der Waals surface area contributed by atoms with Gasteiger partial charge in [-0.15, -0.1) is 12.4 Å². The first-order valence-electron chi connectivity index (χ1n) is 10.7. The molecule has 0 radical (unpaired) electrons. The zero-order valence-corrected chi connectivity index (χ0v) is 18.1. The molecule has 0 aromatic heterocycles. The zero-order valence-electron chi connectivity index (χ0n) is 17.3. The van der Waals surface area contributed by atoms with Gasteiger partial charge in [-0.05, 0) is 56.0 Å². The average Bonchev–Trinajstić information content (AvgIpc) is 2.76. The minimum absolute atomic E-state index is 0. The summed E-state index contributed by atoms with van der Waals surface area (Å²) >= 11 is 0. The number of aliphatic hydroxyl groups is 1. The highest BCUT2D eigenvalue weighted by Crippen LogP contribution is 2.30. The molecule has 2 aliphatic heterocycles. The number of ether oxygens (including phenoxy) is 3. The van der Waals surface area contributed by atoms with Gasteiger partial charge in [0.1, 0.15) is 6.61 Å². The van der Waals surface area contributed by atoms with E-state index in [9.17, 15) is 5.11 Å². The lowest BCUT2D eigenvalue weighted by atomic mass is 9.90. The lowest BCUT2D eigenvalue weighted by Crippen LogP contribution is -2.41. The van der Waals surface area contributed by atoms with Crippen LogP contribution >= 0.6 is 12.4 Å². The molecule has 2 unspecified atom stereocenters. The summed E-state index contributed by atoms with van der Waals surface area (Å²) in [4.78, 5) is 2.35. The first-order valence-corrected chi connectivity index (χ1v) is 10.7. The van der Waals surface area contributed by atoms with E-state index in [0.29, 0.717) is 26.4 Å². The van der Waals surface area contributed by atoms with Crippen LogP contribution in [0.2, 0.25) is 0 Å². The minimum Gasteiger partial charge on any atom is -0.486 e. The third kappa shape index (κ3) is 6.61. The van der Waals surface area contributed by atoms with Crippen LogP contribution in [0, 0.1) is 5.92 Å². The number of hydrogen-bond donors (Lipinski definition) is 1. The standard InChI is InChI=1S/C24H31NO4.ClH/c26-21(16-27-17-22-18-28-23-8-4-5-9-24(23)29-22)15-25-12-10-20(11-13-25)14-19-6-2-1-3-7-19;/h1-9,20-22,26H,10-18H2;1H. The second-order valence-electron chi connectivity index (χ2n) is 8.12. The molecule has 30 heavy (non-hydrogen) atoms. The fraction of sp³-hybridized carbons (Fsp3) is 0.500. The number of rotatable bonds is 8. The number of likely N-dealkylation sites (tertiary alicyclic amines) is 1. The molecule has 164 valence electrons. The third-order valence-electron chi connectivity index (χ3n) is 5.72. The van der Waals surface area contributed by atoms with Gasteiger partial charge in [-0.2, -0.15) is 0 Å². The van der Waals surface area contributed by atoms with Crippen molar-refractivity contribution in [1.29, 1.82) is 0 Å². The van der Waals surface area contributed by atoms with Crippen molar-refractivity contribution in [2.75, 3.05) is 39.5 Å². The molecule has 0 spiro atoms. The van der Waals surface area contributed by atoms with Gasteiger partial charge >= 0.3 is 0 Å². The Morgan fingerprint density at radius 3 is 2.47 bits per heavy atom. The van der Waals surface area contributed by atoms with Crippen LogP contribution in [0.1, 0.15) is 18.4 Å². The maximum absolute atomic E-state index is 10.4. The lowest BCUT2D eigenvalue weighted by Gasteiger charge is -2.33. The molecular formula is C24H32ClNO4. The van der Waals surface area contributed by atoms with E-state index in [4.69, 9.17) is 14.2 Å². The second-order valence-corrected chi connectivity index (χ2v) is 8.12. The summed E-state index contributed by atoms with van der Waals surface area (Å²) in [5.74, 6) is 2.28. The van der Waals surface area contributed by atoms with Crippen molar-refractivity contribution in [3.05, 3.63) is 60.2 Å². The molecule has 2 aliphatic rings. The summed E-state index contributed by atoms with van der Waals surface area (Å²) in [6.07, 6.45) is 2.93. The zero-order chi connectivity index (χ0) is 19.9. The number of β-amino-alcohol motifs (C(OH)–C–C–N with tert-alkyl or cyclic N) is 1. The number of nitrogens with zero attached hydrogens (tertiary/aromatic N) is 1. The molecule has 5 nitrogen and oxygen atoms in total. The Morgan fingerprint density at radius 2 is 1.70 bits per heavy atom. The molecule has 6 heteroatoms. The van der Waals surface area contributed by atoms with E-state index in [0.717, 1.165) is 36.9 Å². The Balaban J connectivity index is 0.00000256. The van der Waals surface area contributed by atoms with Crippen molar-refractivity contribution in [3.63, 3.8) is 0 Å². The smallest absolute Gasteiger partial charge is 0.161 e. The molecule has 2 heterocycles. The van der Waals surface area contributed by atoms with Gasteiger partial charge in [0, 0.05) is 6.54 Å². The Morgan fingerprint density at radius 1 is 1.00 bits per heavy atom. The summed E-state index contributed by atoms with van der Waals surface area (Å²) in [5.41, 5.74) is 1.43. The van der Waals surface area contributed by atoms with Gasteiger partial charge in [0.2, 0.25) is 0 Å². The van der Waals surface area contributed by atoms with Gasteiger partial charge in [0.15, 0.2) is 17.6 Å². The first kappa shape index (κ1) is 22.9. The van der Waals surface area contributed by atoms with E-state index in [-0.39, 0.29) is 18.5 Å². The lowest BCUT2D eigenvalue weighted by molar-refractivity contribution is -0.0310. The summed E-state index contributed by atoms with van der Waals surface area (Å²) in [6.45, 7) is 3.98. The van der Waals surface area contributed by atoms with Crippen LogP contribution in [0.15, 0.2) is 54.6 Å². The van der Waals surface area contributed by atoms with Gasteiger partial charge in [-0.1, -0.05) is 42.5 Å². The summed E-state index contributed by atoms with van der Waals surface area (Å²) < 4.78 is 17.3. The Hall–Kier alpha value is -1.79. The normalized spacial score (nSPS) is 20.4. The van der Waals surface area contributed by atoms with E-state index in [2.05, 4.69) is 35.2 Å². The average molecular weight is 434 g/mol. The van der Waals surface area contributed by atoms with Crippen LogP contribution in [0.3, 0.4) is 0 Å². The molecule has 1 fully saturated rings. The van der Waals surface area contributed by atoms with Crippen LogP contribution < -0.4 is 9.47 Å². The maximum Gasteiger partial charge on any atom is 0.161 e. The molecule has 0 saturated carbocycles. The van der Waals surface area contributed by atoms with Gasteiger partial charge in [-0.25, -0.2) is 0 Å². The van der Waals surface area contributed by atoms with Crippen molar-refractivity contribution < 1.29 is 19.3 Å². The fourth-order valence-corrected chi connectivity index (χ4v) is 4.15. The molecular weight excluding hydrogens is 402 g/mol. The third-order valence-corrected chi connectivity index (χ3v) is 5.72. The van der Waals surface area contributed by atoms with Gasteiger partial charge in [-0.3, -0.25) is 0 Å². The Labute approximate surface area is 185 Å². The fourth-order valence-electron chi connectivity index (χ4n) is 4.15. The van der Waals surface area contributed by atoms with Crippen molar-refractivity contribution >= 4 is 12.4 Å². The Bertz CT molecular complexity index is 752. The number of benzene rings is 2. The monoisotopic (exact) mass is 433 g/mol. The highest BCUT2D eigenvalue weighted by molar-refractivity contribution is 5.85. The van der Waals surface area contributed by atoms with Gasteiger partial charge in [0.05, 0.1) is 19.3 Å². The Kier molecular flexibility index (Phi) is 8.82. The summed E-state index contributed by atoms with van der Waals surface area (Å²) in [6, 6.07) is 18.4. The molecule has 2 aromatic rings. The number of fused-ring (bicyclic) bond motifs is 1. The van der Waals surface area contributed by atoms with Gasteiger partial charge in [0.25, 0.3) is 0 Å². The number of aliphatic hydroxyl groups excluding tert-OH is 1. The van der Waals surface area contributed by atoms with Crippen LogP contribution in [-0.2, 0) is 11.2 Å². The molecule has 4 rings (SSSR count). The number of halogens is 1. The number of para-hydroxylation sites is 2. The molecule has 0 amide bonds. The van der Waals surface area contributed by atoms with Crippen LogP contribution in [0.25, 0.3) is 0 Å². The van der Waals surface area contributed by atoms with E-state index in [1.807, 2.05) is 24.3 Å². The summed E-state index contributed by atoms with van der Waals surface area (Å²) in [7, 11) is 0. The first-order chi connectivity index (χ1) is 14.3. The maximum atomic E-state index is 10.4. The quantitative estimate of drug-likeness (QED) is 0.689. The molecule has 0 bridgehead atoms. The topological polar surface area (TPSA) is 51.2 Å². The van der Waals surface area contributed by atoms with Crippen LogP contribution in [0.5, 0.6) is 11.5 Å². The van der Waals surface area contributed by atoms with Crippen LogP contribution in [0.4, 0.5) is 0 Å². The van der Waals surface area contributed by atoms with Crippen LogP contribution in [-0.4, -0.2) is 61.7 Å². The minimum atomic E-state index is -0.475. The predicted octanol–water partition coefficient (Wildman–Crippen LogP) is 3.58. The second kappa shape index (κ2) is 11.6.